The average Bonchev–Trinajstić information content (AvgIpc) is 3.15. The van der Waals surface area contributed by atoms with Crippen LogP contribution in [0, 0.1) is 0 Å². The first kappa shape index (κ1) is 13.8. The molecule has 0 aliphatic carbocycles. The van der Waals surface area contributed by atoms with Crippen LogP contribution in [-0.2, 0) is 0 Å². The average molecular weight is 300 g/mol. The van der Waals surface area contributed by atoms with Crippen LogP contribution >= 0.6 is 11.3 Å². The molecule has 0 aliphatic heterocycles. The van der Waals surface area contributed by atoms with Gasteiger partial charge in [0.1, 0.15) is 0 Å². The van der Waals surface area contributed by atoms with Crippen LogP contribution < -0.4 is 5.32 Å². The van der Waals surface area contributed by atoms with Gasteiger partial charge in [0, 0.05) is 12.7 Å². The number of hydrogen-bond donors (Lipinski definition) is 2. The highest BCUT2D eigenvalue weighted by Crippen LogP contribution is 2.25. The van der Waals surface area contributed by atoms with E-state index in [1.54, 1.807) is 23.6 Å². The Bertz CT molecular complexity index is 748. The number of nitrogens with zero attached hydrogens (tertiary/aromatic N) is 2. The quantitative estimate of drug-likeness (QED) is 0.711. The minimum atomic E-state index is -0.0859. The summed E-state index contributed by atoms with van der Waals surface area (Å²) in [7, 11) is 0. The van der Waals surface area contributed by atoms with Crippen LogP contribution in [0.1, 0.15) is 30.1 Å². The van der Waals surface area contributed by atoms with Gasteiger partial charge in [-0.1, -0.05) is 19.4 Å². The summed E-state index contributed by atoms with van der Waals surface area (Å²) in [5.41, 5.74) is 1.85. The summed E-state index contributed by atoms with van der Waals surface area (Å²) in [6, 6.07) is 5.68. The van der Waals surface area contributed by atoms with Crippen molar-refractivity contribution >= 4 is 28.4 Å². The molecule has 3 aromatic heterocycles. The fourth-order valence-electron chi connectivity index (χ4n) is 2.10. The number of nitrogens with one attached hydrogen (secondary N) is 2. The van der Waals surface area contributed by atoms with Gasteiger partial charge in [-0.3, -0.25) is 4.79 Å². The molecule has 3 rings (SSSR count). The Labute approximate surface area is 126 Å². The molecule has 3 heterocycles. The minimum Gasteiger partial charge on any atom is -0.352 e. The van der Waals surface area contributed by atoms with Crippen molar-refractivity contribution in [1.29, 1.82) is 0 Å². The maximum atomic E-state index is 12.2. The fourth-order valence-corrected chi connectivity index (χ4v) is 2.77. The Hall–Kier alpha value is -2.21. The van der Waals surface area contributed by atoms with E-state index in [9.17, 15) is 4.79 Å². The largest absolute Gasteiger partial charge is 0.352 e. The minimum absolute atomic E-state index is 0.0859. The number of fused-ring (bicyclic) bond motifs is 1. The molecule has 3 aromatic rings. The molecule has 108 valence electrons. The molecule has 0 fully saturated rings. The van der Waals surface area contributed by atoms with Crippen LogP contribution in [0.4, 0.5) is 0 Å². The third kappa shape index (κ3) is 2.80. The van der Waals surface area contributed by atoms with Gasteiger partial charge >= 0.3 is 0 Å². The topological polar surface area (TPSA) is 70.7 Å². The number of carbonyl (C=O) groups is 1. The number of aromatic nitrogens is 3. The fraction of sp³-hybridized carbons (Fsp3) is 0.267. The maximum absolute atomic E-state index is 12.2. The SMILES string of the molecule is CCCCNC(=O)c1ccnc2nc(-c3cccs3)[nH]c12. The van der Waals surface area contributed by atoms with Crippen molar-refractivity contribution in [2.45, 2.75) is 19.8 Å². The number of H-pyrrole nitrogens is 1. The van der Waals surface area contributed by atoms with Crippen molar-refractivity contribution in [3.05, 3.63) is 35.3 Å². The number of rotatable bonds is 5. The molecule has 0 atom stereocenters. The molecule has 0 saturated heterocycles. The predicted octanol–water partition coefficient (Wildman–Crippen LogP) is 3.22. The van der Waals surface area contributed by atoms with Gasteiger partial charge in [0.05, 0.1) is 16.0 Å². The number of thiophene rings is 1. The van der Waals surface area contributed by atoms with Crippen molar-refractivity contribution in [2.75, 3.05) is 6.54 Å². The molecule has 1 amide bonds. The van der Waals surface area contributed by atoms with Crippen LogP contribution in [0.2, 0.25) is 0 Å². The van der Waals surface area contributed by atoms with Crippen LogP contribution in [0.3, 0.4) is 0 Å². The Kier molecular flexibility index (Phi) is 3.96. The van der Waals surface area contributed by atoms with Crippen LogP contribution in [0.15, 0.2) is 29.8 Å². The Morgan fingerprint density at radius 1 is 1.43 bits per heavy atom. The molecule has 6 heteroatoms. The summed E-state index contributed by atoms with van der Waals surface area (Å²) < 4.78 is 0. The number of aromatic amines is 1. The van der Waals surface area contributed by atoms with Crippen molar-refractivity contribution < 1.29 is 4.79 Å². The molecular weight excluding hydrogens is 284 g/mol. The van der Waals surface area contributed by atoms with Gasteiger partial charge in [-0.2, -0.15) is 0 Å². The number of pyridine rings is 1. The highest BCUT2D eigenvalue weighted by atomic mass is 32.1. The van der Waals surface area contributed by atoms with Crippen molar-refractivity contribution in [3.63, 3.8) is 0 Å². The molecule has 21 heavy (non-hydrogen) atoms. The summed E-state index contributed by atoms with van der Waals surface area (Å²) in [5, 5.41) is 4.92. The van der Waals surface area contributed by atoms with E-state index in [1.165, 1.54) is 0 Å². The van der Waals surface area contributed by atoms with Gasteiger partial charge in [-0.15, -0.1) is 11.3 Å². The lowest BCUT2D eigenvalue weighted by molar-refractivity contribution is 0.0954. The van der Waals surface area contributed by atoms with Gasteiger partial charge in [0.15, 0.2) is 11.5 Å². The summed E-state index contributed by atoms with van der Waals surface area (Å²) in [5.74, 6) is 0.665. The second-order valence-corrected chi connectivity index (χ2v) is 5.68. The van der Waals surface area contributed by atoms with Gasteiger partial charge in [0.2, 0.25) is 0 Å². The lowest BCUT2D eigenvalue weighted by atomic mass is 10.2. The van der Waals surface area contributed by atoms with E-state index in [2.05, 4.69) is 27.2 Å². The second-order valence-electron chi connectivity index (χ2n) is 4.73. The molecule has 0 unspecified atom stereocenters. The lowest BCUT2D eigenvalue weighted by Gasteiger charge is -2.04. The zero-order valence-electron chi connectivity index (χ0n) is 11.7. The number of imidazole rings is 1. The summed E-state index contributed by atoms with van der Waals surface area (Å²) in [6.45, 7) is 2.78. The van der Waals surface area contributed by atoms with E-state index in [0.717, 1.165) is 23.5 Å². The van der Waals surface area contributed by atoms with E-state index in [4.69, 9.17) is 0 Å². The highest BCUT2D eigenvalue weighted by Gasteiger charge is 2.14. The van der Waals surface area contributed by atoms with E-state index >= 15 is 0 Å². The van der Waals surface area contributed by atoms with Crippen molar-refractivity contribution in [2.24, 2.45) is 0 Å². The van der Waals surface area contributed by atoms with Gasteiger partial charge < -0.3 is 10.3 Å². The molecule has 2 N–H and O–H groups in total. The third-order valence-corrected chi connectivity index (χ3v) is 4.08. The van der Waals surface area contributed by atoms with E-state index in [-0.39, 0.29) is 5.91 Å². The zero-order valence-corrected chi connectivity index (χ0v) is 12.5. The molecule has 0 bridgehead atoms. The summed E-state index contributed by atoms with van der Waals surface area (Å²) >= 11 is 1.60. The molecule has 5 nitrogen and oxygen atoms in total. The molecular formula is C15H16N4OS. The monoisotopic (exact) mass is 300 g/mol. The Morgan fingerprint density at radius 3 is 3.10 bits per heavy atom. The van der Waals surface area contributed by atoms with Crippen molar-refractivity contribution in [1.82, 2.24) is 20.3 Å². The van der Waals surface area contributed by atoms with Gasteiger partial charge in [0.25, 0.3) is 5.91 Å². The molecule has 0 radical (unpaired) electrons. The Balaban J connectivity index is 1.94. The second kappa shape index (κ2) is 6.05. The first-order chi connectivity index (χ1) is 10.3. The van der Waals surface area contributed by atoms with Crippen LogP contribution in [0.5, 0.6) is 0 Å². The maximum Gasteiger partial charge on any atom is 0.253 e. The normalized spacial score (nSPS) is 10.9. The highest BCUT2D eigenvalue weighted by molar-refractivity contribution is 7.13. The van der Waals surface area contributed by atoms with Crippen molar-refractivity contribution in [3.8, 4) is 10.7 Å². The lowest BCUT2D eigenvalue weighted by Crippen LogP contribution is -2.24. The predicted molar refractivity (Wildman–Crippen MR) is 84.4 cm³/mol. The smallest absolute Gasteiger partial charge is 0.253 e. The number of amides is 1. The standard InChI is InChI=1S/C15H16N4OS/c1-2-3-7-17-15(20)10-6-8-16-14-12(10)18-13(19-14)11-5-4-9-21-11/h4-6,8-9H,2-3,7H2,1H3,(H,17,20)(H,16,18,19). The van der Waals surface area contributed by atoms with Gasteiger partial charge in [-0.25, -0.2) is 9.97 Å². The first-order valence-corrected chi connectivity index (χ1v) is 7.84. The number of unbranched alkanes of at least 4 members (excludes halogenated alkanes) is 1. The number of carbonyl (C=O) groups excluding carboxylic acids is 1. The van der Waals surface area contributed by atoms with E-state index in [0.29, 0.717) is 23.3 Å². The first-order valence-electron chi connectivity index (χ1n) is 6.96. The summed E-state index contributed by atoms with van der Waals surface area (Å²) in [4.78, 5) is 25.2. The van der Waals surface area contributed by atoms with E-state index < -0.39 is 0 Å². The molecule has 0 aliphatic rings. The number of hydrogen-bond acceptors (Lipinski definition) is 4. The third-order valence-electron chi connectivity index (χ3n) is 3.21. The van der Waals surface area contributed by atoms with Crippen LogP contribution in [-0.4, -0.2) is 27.4 Å². The molecule has 0 aromatic carbocycles. The zero-order chi connectivity index (χ0) is 14.7. The molecule has 0 spiro atoms. The summed E-state index contributed by atoms with van der Waals surface area (Å²) in [6.07, 6.45) is 3.65. The van der Waals surface area contributed by atoms with Gasteiger partial charge in [-0.05, 0) is 23.9 Å². The molecule has 0 saturated carbocycles. The Morgan fingerprint density at radius 2 is 2.33 bits per heavy atom. The van der Waals surface area contributed by atoms with E-state index in [1.807, 2.05) is 17.5 Å². The van der Waals surface area contributed by atoms with Crippen LogP contribution in [0.25, 0.3) is 21.9 Å².